The first kappa shape index (κ1) is 9.32. The van der Waals surface area contributed by atoms with Crippen molar-refractivity contribution in [1.29, 1.82) is 0 Å². The number of likely N-dealkylation sites (N-methyl/N-ethyl adjacent to an activating group) is 1. The average molecular weight is 186 g/mol. The van der Waals surface area contributed by atoms with E-state index >= 15 is 0 Å². The molecule has 0 fully saturated rings. The number of hydrogen-bond donors (Lipinski definition) is 0. The molecular weight excluding hydrogens is 173 g/mol. The summed E-state index contributed by atoms with van der Waals surface area (Å²) < 4.78 is 0. The molecule has 0 spiro atoms. The number of fused-ring (bicyclic) bond motifs is 1. The quantitative estimate of drug-likeness (QED) is 0.596. The van der Waals surface area contributed by atoms with Crippen molar-refractivity contribution >= 4 is 24.3 Å². The van der Waals surface area contributed by atoms with Crippen molar-refractivity contribution in [2.75, 3.05) is 11.9 Å². The molecule has 2 rings (SSSR count). The second-order valence-electron chi connectivity index (χ2n) is 3.76. The van der Waals surface area contributed by atoms with Crippen LogP contribution in [0.3, 0.4) is 0 Å². The molecule has 1 radical (unpaired) electrons. The Balaban J connectivity index is 2.57. The highest BCUT2D eigenvalue weighted by molar-refractivity contribution is 6.52. The number of benzene rings is 1. The minimum atomic E-state index is 0.191. The fourth-order valence-corrected chi connectivity index (χ4v) is 2.07. The Bertz CT molecular complexity index is 401. The normalized spacial score (nSPS) is 14.5. The highest BCUT2D eigenvalue weighted by Crippen LogP contribution is 2.29. The lowest BCUT2D eigenvalue weighted by molar-refractivity contribution is -0.117. The molecule has 1 heterocycles. The Hall–Kier alpha value is -1.25. The van der Waals surface area contributed by atoms with E-state index in [2.05, 4.69) is 26.3 Å². The van der Waals surface area contributed by atoms with Gasteiger partial charge in [-0.05, 0) is 18.1 Å². The molecule has 1 aromatic rings. The summed E-state index contributed by atoms with van der Waals surface area (Å²) in [5.41, 5.74) is 4.64. The molecule has 3 heteroatoms. The number of nitrogens with zero attached hydrogens (tertiary/aromatic N) is 1. The van der Waals surface area contributed by atoms with Gasteiger partial charge in [0.05, 0.1) is 6.42 Å². The summed E-state index contributed by atoms with van der Waals surface area (Å²) in [6.45, 7) is 4.07. The Kier molecular flexibility index (Phi) is 2.10. The zero-order valence-corrected chi connectivity index (χ0v) is 8.79. The first-order valence-electron chi connectivity index (χ1n) is 4.83. The van der Waals surface area contributed by atoms with Crippen LogP contribution in [0.15, 0.2) is 12.1 Å². The van der Waals surface area contributed by atoms with Crippen LogP contribution in [-0.4, -0.2) is 20.2 Å². The van der Waals surface area contributed by atoms with E-state index in [9.17, 15) is 4.79 Å². The van der Waals surface area contributed by atoms with E-state index in [0.717, 1.165) is 11.3 Å². The lowest BCUT2D eigenvalue weighted by atomic mass is 9.72. The van der Waals surface area contributed by atoms with Crippen LogP contribution in [0.1, 0.15) is 11.1 Å². The molecule has 14 heavy (non-hydrogen) atoms. The Morgan fingerprint density at radius 3 is 2.79 bits per heavy atom. The maximum absolute atomic E-state index is 11.5. The van der Waals surface area contributed by atoms with Gasteiger partial charge in [-0.25, -0.2) is 0 Å². The van der Waals surface area contributed by atoms with Gasteiger partial charge in [0.25, 0.3) is 0 Å². The second-order valence-corrected chi connectivity index (χ2v) is 3.76. The summed E-state index contributed by atoms with van der Waals surface area (Å²) in [5, 5.41) is 0. The van der Waals surface area contributed by atoms with Gasteiger partial charge < -0.3 is 4.90 Å². The molecule has 0 saturated heterocycles. The molecule has 1 amide bonds. The van der Waals surface area contributed by atoms with E-state index in [-0.39, 0.29) is 5.91 Å². The van der Waals surface area contributed by atoms with Crippen molar-refractivity contribution in [3.63, 3.8) is 0 Å². The predicted octanol–water partition coefficient (Wildman–Crippen LogP) is 0.892. The zero-order valence-electron chi connectivity index (χ0n) is 8.79. The average Bonchev–Trinajstić information content (AvgIpc) is 2.43. The Morgan fingerprint density at radius 2 is 2.14 bits per heavy atom. The number of rotatable bonds is 1. The van der Waals surface area contributed by atoms with Crippen LogP contribution >= 0.6 is 0 Å². The van der Waals surface area contributed by atoms with E-state index in [1.54, 1.807) is 4.90 Å². The Labute approximate surface area is 85.2 Å². The molecule has 0 aromatic heterocycles. The van der Waals surface area contributed by atoms with Crippen molar-refractivity contribution in [3.8, 4) is 0 Å². The highest BCUT2D eigenvalue weighted by atomic mass is 16.2. The maximum atomic E-state index is 11.5. The summed E-state index contributed by atoms with van der Waals surface area (Å²) in [6.07, 6.45) is 0.550. The molecule has 1 aliphatic heterocycles. The lowest BCUT2D eigenvalue weighted by Crippen LogP contribution is -2.21. The van der Waals surface area contributed by atoms with Crippen LogP contribution < -0.4 is 10.4 Å². The molecule has 0 saturated carbocycles. The SMILES string of the molecule is C[B]c1cc(C)c2c(c1)CC(=O)N2C. The minimum Gasteiger partial charge on any atom is -0.315 e. The smallest absolute Gasteiger partial charge is 0.231 e. The lowest BCUT2D eigenvalue weighted by Gasteiger charge is -2.13. The molecule has 71 valence electrons. The molecule has 0 N–H and O–H groups in total. The Morgan fingerprint density at radius 1 is 1.43 bits per heavy atom. The van der Waals surface area contributed by atoms with Crippen molar-refractivity contribution in [1.82, 2.24) is 0 Å². The van der Waals surface area contributed by atoms with Crippen molar-refractivity contribution in [3.05, 3.63) is 23.3 Å². The fourth-order valence-electron chi connectivity index (χ4n) is 2.07. The maximum Gasteiger partial charge on any atom is 0.231 e. The number of hydrogen-bond acceptors (Lipinski definition) is 1. The van der Waals surface area contributed by atoms with E-state index in [1.807, 2.05) is 13.9 Å². The second kappa shape index (κ2) is 3.16. The summed E-state index contributed by atoms with van der Waals surface area (Å²) in [5.74, 6) is 0.191. The van der Waals surface area contributed by atoms with Crippen LogP contribution in [0.25, 0.3) is 0 Å². The molecule has 2 nitrogen and oxygen atoms in total. The molecule has 0 unspecified atom stereocenters. The largest absolute Gasteiger partial charge is 0.315 e. The molecule has 0 bridgehead atoms. The van der Waals surface area contributed by atoms with Gasteiger partial charge in [-0.15, -0.1) is 0 Å². The van der Waals surface area contributed by atoms with E-state index in [0.29, 0.717) is 6.42 Å². The topological polar surface area (TPSA) is 20.3 Å². The van der Waals surface area contributed by atoms with Gasteiger partial charge in [0.1, 0.15) is 7.28 Å². The van der Waals surface area contributed by atoms with Gasteiger partial charge in [0, 0.05) is 12.7 Å². The van der Waals surface area contributed by atoms with E-state index in [1.165, 1.54) is 11.0 Å². The van der Waals surface area contributed by atoms with E-state index < -0.39 is 0 Å². The third-order valence-electron chi connectivity index (χ3n) is 2.79. The standard InChI is InChI=1S/C11H13BNO/c1-7-4-9(12-2)5-8-6-10(14)13(3)11(7)8/h4-5H,6H2,1-3H3. The summed E-state index contributed by atoms with van der Waals surface area (Å²) in [6, 6.07) is 4.22. The number of carbonyl (C=O) groups excluding carboxylic acids is 1. The number of aryl methyl sites for hydroxylation is 1. The first-order valence-corrected chi connectivity index (χ1v) is 4.83. The number of anilines is 1. The third kappa shape index (κ3) is 1.24. The summed E-state index contributed by atoms with van der Waals surface area (Å²) >= 11 is 0. The summed E-state index contributed by atoms with van der Waals surface area (Å²) in [4.78, 5) is 13.3. The predicted molar refractivity (Wildman–Crippen MR) is 59.5 cm³/mol. The number of amides is 1. The third-order valence-corrected chi connectivity index (χ3v) is 2.79. The van der Waals surface area contributed by atoms with Crippen LogP contribution in [-0.2, 0) is 11.2 Å². The van der Waals surface area contributed by atoms with Gasteiger partial charge in [-0.2, -0.15) is 0 Å². The molecule has 1 aromatic carbocycles. The number of carbonyl (C=O) groups is 1. The molecule has 0 aliphatic carbocycles. The van der Waals surface area contributed by atoms with Gasteiger partial charge >= 0.3 is 0 Å². The summed E-state index contributed by atoms with van der Waals surface area (Å²) in [7, 11) is 3.91. The monoisotopic (exact) mass is 186 g/mol. The van der Waals surface area contributed by atoms with Gasteiger partial charge in [-0.1, -0.05) is 24.4 Å². The minimum absolute atomic E-state index is 0.191. The van der Waals surface area contributed by atoms with Gasteiger partial charge in [0.2, 0.25) is 5.91 Å². The fraction of sp³-hybridized carbons (Fsp3) is 0.364. The van der Waals surface area contributed by atoms with Crippen molar-refractivity contribution in [2.45, 2.75) is 20.2 Å². The first-order chi connectivity index (χ1) is 6.63. The van der Waals surface area contributed by atoms with Crippen molar-refractivity contribution in [2.24, 2.45) is 0 Å². The highest BCUT2D eigenvalue weighted by Gasteiger charge is 2.25. The van der Waals surface area contributed by atoms with Gasteiger partial charge in [0.15, 0.2) is 0 Å². The molecule has 1 aliphatic rings. The van der Waals surface area contributed by atoms with Crippen LogP contribution in [0, 0.1) is 6.92 Å². The van der Waals surface area contributed by atoms with Crippen molar-refractivity contribution < 1.29 is 4.79 Å². The van der Waals surface area contributed by atoms with Crippen LogP contribution in [0.2, 0.25) is 6.82 Å². The van der Waals surface area contributed by atoms with Crippen LogP contribution in [0.4, 0.5) is 5.69 Å². The molecule has 0 atom stereocenters. The van der Waals surface area contributed by atoms with E-state index in [4.69, 9.17) is 0 Å². The van der Waals surface area contributed by atoms with Crippen LogP contribution in [0.5, 0.6) is 0 Å². The molecular formula is C11H13BNO. The zero-order chi connectivity index (χ0) is 10.3. The van der Waals surface area contributed by atoms with Gasteiger partial charge in [-0.3, -0.25) is 4.79 Å².